The number of nitrogens with zero attached hydrogens (tertiary/aromatic N) is 2. The van der Waals surface area contributed by atoms with Crippen molar-refractivity contribution >= 4 is 57.0 Å². The number of hydrogen-bond donors (Lipinski definition) is 0. The van der Waals surface area contributed by atoms with Crippen LogP contribution in [0, 0.1) is 0 Å². The smallest absolute Gasteiger partial charge is 0.115 e. The monoisotopic (exact) mass is 334 g/mol. The van der Waals surface area contributed by atoms with E-state index in [1.165, 1.54) is 16.6 Å². The first kappa shape index (κ1) is 12.5. The van der Waals surface area contributed by atoms with Crippen LogP contribution in [0.25, 0.3) is 31.9 Å². The van der Waals surface area contributed by atoms with Crippen molar-refractivity contribution in [3.63, 3.8) is 0 Å². The number of hydrogen-bond acceptors (Lipinski definition) is 5. The number of aromatic nitrogens is 2. The van der Waals surface area contributed by atoms with Gasteiger partial charge < -0.3 is 0 Å². The van der Waals surface area contributed by atoms with E-state index < -0.39 is 0 Å². The average Bonchev–Trinajstić information content (AvgIpc) is 3.20. The molecule has 6 heteroatoms. The Morgan fingerprint density at radius 2 is 1.60 bits per heavy atom. The maximum atomic E-state index is 6.52. The molecule has 3 aromatic heterocycles. The molecule has 0 unspecified atom stereocenters. The topological polar surface area (TPSA) is 25.8 Å². The van der Waals surface area contributed by atoms with Crippen molar-refractivity contribution in [2.24, 2.45) is 0 Å². The lowest BCUT2D eigenvalue weighted by Crippen LogP contribution is -1.84. The molecule has 0 fully saturated rings. The van der Waals surface area contributed by atoms with Crippen LogP contribution in [-0.2, 0) is 0 Å². The van der Waals surface area contributed by atoms with Gasteiger partial charge in [-0.25, -0.2) is 0 Å². The van der Waals surface area contributed by atoms with E-state index in [-0.39, 0.29) is 0 Å². The number of fused-ring (bicyclic) bond motifs is 1. The van der Waals surface area contributed by atoms with Crippen molar-refractivity contribution in [2.75, 3.05) is 0 Å². The molecule has 0 atom stereocenters. The van der Waals surface area contributed by atoms with Crippen molar-refractivity contribution in [1.29, 1.82) is 0 Å². The molecule has 0 aliphatic carbocycles. The average molecular weight is 335 g/mol. The lowest BCUT2D eigenvalue weighted by Gasteiger charge is -2.06. The molecule has 4 rings (SSSR count). The van der Waals surface area contributed by atoms with Gasteiger partial charge in [0.1, 0.15) is 11.0 Å². The third-order valence-electron chi connectivity index (χ3n) is 3.04. The first-order valence-corrected chi connectivity index (χ1v) is 8.74. The first-order valence-electron chi connectivity index (χ1n) is 5.87. The van der Waals surface area contributed by atoms with E-state index in [4.69, 9.17) is 11.6 Å². The predicted molar refractivity (Wildman–Crippen MR) is 89.1 cm³/mol. The van der Waals surface area contributed by atoms with Crippen molar-refractivity contribution in [2.45, 2.75) is 0 Å². The molecule has 4 aromatic rings. The Bertz CT molecular complexity index is 864. The molecule has 2 nitrogen and oxygen atoms in total. The fraction of sp³-hybridized carbons (Fsp3) is 0. The van der Waals surface area contributed by atoms with Crippen LogP contribution in [0.3, 0.4) is 0 Å². The molecule has 0 amide bonds. The number of benzene rings is 1. The van der Waals surface area contributed by atoms with E-state index in [1.54, 1.807) is 22.7 Å². The van der Waals surface area contributed by atoms with Crippen LogP contribution in [-0.4, -0.2) is 8.75 Å². The lowest BCUT2D eigenvalue weighted by atomic mass is 10.1. The summed E-state index contributed by atoms with van der Waals surface area (Å²) in [6.07, 6.45) is 0. The summed E-state index contributed by atoms with van der Waals surface area (Å²) in [5.41, 5.74) is 3.89. The van der Waals surface area contributed by atoms with Crippen LogP contribution in [0.4, 0.5) is 0 Å². The van der Waals surface area contributed by atoms with Crippen LogP contribution in [0.5, 0.6) is 0 Å². The number of thiophene rings is 2. The fourth-order valence-corrected chi connectivity index (χ4v) is 4.64. The molecule has 0 saturated heterocycles. The number of rotatable bonds is 2. The van der Waals surface area contributed by atoms with Crippen molar-refractivity contribution in [3.05, 3.63) is 46.1 Å². The van der Waals surface area contributed by atoms with E-state index in [9.17, 15) is 0 Å². The van der Waals surface area contributed by atoms with E-state index in [2.05, 4.69) is 26.3 Å². The molecular formula is C14H7ClN2S3. The van der Waals surface area contributed by atoms with Gasteiger partial charge in [-0.15, -0.1) is 22.7 Å². The van der Waals surface area contributed by atoms with E-state index in [1.807, 2.05) is 23.6 Å². The summed E-state index contributed by atoms with van der Waals surface area (Å²) in [5, 5.41) is 4.84. The zero-order valence-electron chi connectivity index (χ0n) is 10.0. The summed E-state index contributed by atoms with van der Waals surface area (Å²) in [4.78, 5) is 2.30. The third-order valence-corrected chi connectivity index (χ3v) is 5.66. The van der Waals surface area contributed by atoms with Crippen molar-refractivity contribution < 1.29 is 0 Å². The Morgan fingerprint density at radius 3 is 2.30 bits per heavy atom. The molecule has 0 spiro atoms. The lowest BCUT2D eigenvalue weighted by molar-refractivity contribution is 1.63. The highest BCUT2D eigenvalue weighted by molar-refractivity contribution is 7.14. The van der Waals surface area contributed by atoms with Crippen LogP contribution in [0.1, 0.15) is 0 Å². The molecule has 1 aromatic carbocycles. The Morgan fingerprint density at radius 1 is 0.900 bits per heavy atom. The molecule has 0 bridgehead atoms. The fourth-order valence-electron chi connectivity index (χ4n) is 2.18. The standard InChI is InChI=1S/C14H7ClN2S3/c15-9-7-8(10-3-1-5-18-10)13-14(17-20-16-13)12(9)11-4-2-6-19-11/h1-7H. The minimum absolute atomic E-state index is 0.732. The Balaban J connectivity index is 2.08. The normalized spacial score (nSPS) is 11.2. The van der Waals surface area contributed by atoms with Crippen molar-refractivity contribution in [3.8, 4) is 20.9 Å². The summed E-state index contributed by atoms with van der Waals surface area (Å²) in [5.74, 6) is 0. The Kier molecular flexibility index (Phi) is 3.07. The number of halogens is 1. The maximum absolute atomic E-state index is 6.52. The van der Waals surface area contributed by atoms with E-state index in [0.717, 1.165) is 32.1 Å². The van der Waals surface area contributed by atoms with Gasteiger partial charge in [0.2, 0.25) is 0 Å². The first-order chi connectivity index (χ1) is 9.84. The second-order valence-corrected chi connectivity index (χ2v) is 7.03. The summed E-state index contributed by atoms with van der Waals surface area (Å²) in [6, 6.07) is 10.2. The van der Waals surface area contributed by atoms with Crippen LogP contribution in [0.15, 0.2) is 41.1 Å². The van der Waals surface area contributed by atoms with E-state index >= 15 is 0 Å². The van der Waals surface area contributed by atoms with Crippen LogP contribution < -0.4 is 0 Å². The zero-order chi connectivity index (χ0) is 13.5. The predicted octanol–water partition coefficient (Wildman–Crippen LogP) is 5.80. The van der Waals surface area contributed by atoms with Gasteiger partial charge in [-0.05, 0) is 29.0 Å². The summed E-state index contributed by atoms with van der Waals surface area (Å²) in [7, 11) is 0. The summed E-state index contributed by atoms with van der Waals surface area (Å²) >= 11 is 11.1. The van der Waals surface area contributed by atoms with Gasteiger partial charge in [0.15, 0.2) is 0 Å². The molecule has 3 heterocycles. The Hall–Kier alpha value is -1.27. The molecule has 98 valence electrons. The molecule has 0 aliphatic rings. The third kappa shape index (κ3) is 1.90. The SMILES string of the molecule is Clc1cc(-c2cccs2)c2nsnc2c1-c1cccs1. The highest BCUT2D eigenvalue weighted by Crippen LogP contribution is 2.42. The molecule has 0 radical (unpaired) electrons. The van der Waals surface area contributed by atoms with Gasteiger partial charge in [0.25, 0.3) is 0 Å². The minimum Gasteiger partial charge on any atom is -0.172 e. The molecule has 0 aliphatic heterocycles. The maximum Gasteiger partial charge on any atom is 0.115 e. The zero-order valence-corrected chi connectivity index (χ0v) is 13.2. The summed E-state index contributed by atoms with van der Waals surface area (Å²) < 4.78 is 8.93. The minimum atomic E-state index is 0.732. The quantitative estimate of drug-likeness (QED) is 0.463. The van der Waals surface area contributed by atoms with Gasteiger partial charge >= 0.3 is 0 Å². The van der Waals surface area contributed by atoms with Crippen LogP contribution in [0.2, 0.25) is 5.02 Å². The van der Waals surface area contributed by atoms with Gasteiger partial charge in [-0.3, -0.25) is 0 Å². The Labute approximate surface area is 132 Å². The van der Waals surface area contributed by atoms with E-state index in [0.29, 0.717) is 0 Å². The highest BCUT2D eigenvalue weighted by Gasteiger charge is 2.18. The van der Waals surface area contributed by atoms with Gasteiger partial charge in [0, 0.05) is 20.9 Å². The molecular weight excluding hydrogens is 328 g/mol. The molecule has 20 heavy (non-hydrogen) atoms. The van der Waals surface area contributed by atoms with Gasteiger partial charge in [0.05, 0.1) is 16.8 Å². The summed E-state index contributed by atoms with van der Waals surface area (Å²) in [6.45, 7) is 0. The highest BCUT2D eigenvalue weighted by atomic mass is 35.5. The molecule has 0 saturated carbocycles. The van der Waals surface area contributed by atoms with Gasteiger partial charge in [-0.2, -0.15) is 8.75 Å². The van der Waals surface area contributed by atoms with Crippen LogP contribution >= 0.6 is 46.0 Å². The van der Waals surface area contributed by atoms with Gasteiger partial charge in [-0.1, -0.05) is 23.7 Å². The van der Waals surface area contributed by atoms with Crippen molar-refractivity contribution in [1.82, 2.24) is 8.75 Å². The second-order valence-electron chi connectivity index (χ2n) is 4.20. The largest absolute Gasteiger partial charge is 0.172 e. The second kappa shape index (κ2) is 4.93. The molecule has 0 N–H and O–H groups in total.